The highest BCUT2D eigenvalue weighted by molar-refractivity contribution is 5.93. The topological polar surface area (TPSA) is 171 Å². The van der Waals surface area contributed by atoms with Gasteiger partial charge in [-0.25, -0.2) is 0 Å². The van der Waals surface area contributed by atoms with Crippen LogP contribution in [0.3, 0.4) is 0 Å². The molecule has 0 aromatic rings. The number of hydrogen-bond acceptors (Lipinski definition) is 6. The fourth-order valence-electron chi connectivity index (χ4n) is 5.10. The van der Waals surface area contributed by atoms with Crippen molar-refractivity contribution in [3.63, 3.8) is 0 Å². The molecule has 0 aromatic carbocycles. The van der Waals surface area contributed by atoms with Gasteiger partial charge in [-0.05, 0) is 53.4 Å². The summed E-state index contributed by atoms with van der Waals surface area (Å²) in [5.74, 6) is -2.56. The third kappa shape index (κ3) is 13.2. The van der Waals surface area contributed by atoms with Gasteiger partial charge in [0, 0.05) is 43.9 Å². The Morgan fingerprint density at radius 2 is 1.59 bits per heavy atom. The van der Waals surface area contributed by atoms with E-state index in [1.165, 1.54) is 4.90 Å². The van der Waals surface area contributed by atoms with Gasteiger partial charge in [0.15, 0.2) is 0 Å². The van der Waals surface area contributed by atoms with E-state index in [4.69, 9.17) is 5.73 Å². The zero-order chi connectivity index (χ0) is 34.0. The van der Waals surface area contributed by atoms with Gasteiger partial charge in [0.05, 0.1) is 0 Å². The molecule has 12 heteroatoms. The van der Waals surface area contributed by atoms with Gasteiger partial charge in [-0.2, -0.15) is 0 Å². The minimum atomic E-state index is -0.796. The number of amides is 6. The van der Waals surface area contributed by atoms with Crippen molar-refractivity contribution in [2.24, 2.45) is 23.5 Å². The monoisotopic (exact) mass is 624 g/mol. The van der Waals surface area contributed by atoms with Crippen molar-refractivity contribution in [2.75, 3.05) is 26.2 Å². The summed E-state index contributed by atoms with van der Waals surface area (Å²) in [7, 11) is 0. The summed E-state index contributed by atoms with van der Waals surface area (Å²) in [6.07, 6.45) is 5.71. The van der Waals surface area contributed by atoms with Gasteiger partial charge in [0.2, 0.25) is 35.4 Å². The lowest BCUT2D eigenvalue weighted by Gasteiger charge is -2.32. The summed E-state index contributed by atoms with van der Waals surface area (Å²) in [5, 5.41) is 8.30. The lowest BCUT2D eigenvalue weighted by atomic mass is 9.93. The van der Waals surface area contributed by atoms with Crippen LogP contribution in [0.5, 0.6) is 0 Å². The minimum Gasteiger partial charge on any atom is -0.368 e. The van der Waals surface area contributed by atoms with Crippen molar-refractivity contribution >= 4 is 35.4 Å². The van der Waals surface area contributed by atoms with Gasteiger partial charge in [-0.3, -0.25) is 28.8 Å². The highest BCUT2D eigenvalue weighted by Gasteiger charge is 2.33. The Balaban J connectivity index is 0.000000875. The largest absolute Gasteiger partial charge is 0.368 e. The molecule has 0 spiro atoms. The highest BCUT2D eigenvalue weighted by Crippen LogP contribution is 2.16. The Labute approximate surface area is 265 Å². The van der Waals surface area contributed by atoms with Crippen molar-refractivity contribution in [3.8, 4) is 0 Å². The number of hydrogen-bond donors (Lipinski definition) is 4. The Kier molecular flexibility index (Phi) is 20.0. The first kappa shape index (κ1) is 40.8. The molecule has 5 N–H and O–H groups in total. The van der Waals surface area contributed by atoms with E-state index in [0.29, 0.717) is 45.4 Å². The normalized spacial score (nSPS) is 22.5. The Bertz CT molecular complexity index is 942. The van der Waals surface area contributed by atoms with Crippen LogP contribution in [0.1, 0.15) is 107 Å². The van der Waals surface area contributed by atoms with Crippen LogP contribution in [0, 0.1) is 17.8 Å². The molecular formula is C32H60N6O6. The van der Waals surface area contributed by atoms with Crippen LogP contribution >= 0.6 is 0 Å². The first-order chi connectivity index (χ1) is 20.7. The molecule has 6 amide bonds. The fraction of sp³-hybridized carbons (Fsp3) is 0.812. The number of nitrogens with two attached hydrogens (primary N) is 1. The summed E-state index contributed by atoms with van der Waals surface area (Å²) in [6, 6.07) is -1.83. The van der Waals surface area contributed by atoms with Gasteiger partial charge in [0.25, 0.3) is 0 Å². The quantitative estimate of drug-likeness (QED) is 0.257. The summed E-state index contributed by atoms with van der Waals surface area (Å²) >= 11 is 0. The SMILES string of the molecule is CCCCC[C@@H](C(=O)NCC)N(CC)C(=O)C(C)C.CCN1C(=O)[C@H](C)NC(=O)C(C)C(C)C(=O)NCCCC[C@H]1C(N)=O. The third-order valence-corrected chi connectivity index (χ3v) is 8.07. The molecule has 1 aliphatic rings. The molecule has 0 aromatic heterocycles. The Morgan fingerprint density at radius 3 is 2.09 bits per heavy atom. The summed E-state index contributed by atoms with van der Waals surface area (Å²) < 4.78 is 0. The summed E-state index contributed by atoms with van der Waals surface area (Å²) in [6.45, 7) is 18.4. The van der Waals surface area contributed by atoms with Crippen LogP contribution in [0.4, 0.5) is 0 Å². The second kappa shape index (κ2) is 21.5. The van der Waals surface area contributed by atoms with E-state index < -0.39 is 29.8 Å². The molecule has 2 unspecified atom stereocenters. The second-order valence-electron chi connectivity index (χ2n) is 11.8. The van der Waals surface area contributed by atoms with E-state index in [1.54, 1.807) is 32.6 Å². The third-order valence-electron chi connectivity index (χ3n) is 8.07. The van der Waals surface area contributed by atoms with Gasteiger partial charge in [-0.1, -0.05) is 53.9 Å². The molecule has 44 heavy (non-hydrogen) atoms. The first-order valence-electron chi connectivity index (χ1n) is 16.5. The van der Waals surface area contributed by atoms with E-state index in [1.807, 2.05) is 27.7 Å². The van der Waals surface area contributed by atoms with Crippen molar-refractivity contribution in [1.29, 1.82) is 0 Å². The number of nitrogens with one attached hydrogen (secondary N) is 3. The predicted molar refractivity (Wildman–Crippen MR) is 172 cm³/mol. The molecule has 1 saturated heterocycles. The first-order valence-corrected chi connectivity index (χ1v) is 16.5. The molecule has 0 aliphatic carbocycles. The standard InChI is InChI=1S/C17H30N4O4.C15H30N2O2/c1-5-21-13(14(18)22)8-6-7-9-19-15(23)10(2)11(3)16(24)20-12(4)17(21)25;1-6-9-10-11-13(14(18)16-7-2)17(8-3)15(19)12(4)5/h10-13H,5-9H2,1-4H3,(H2,18,22)(H,19,23)(H,20,24);12-13H,6-11H2,1-5H3,(H,16,18)/t10?,11?,12-,13-;13-/m00/s1. The smallest absolute Gasteiger partial charge is 0.245 e. The molecule has 1 rings (SSSR count). The maximum absolute atomic E-state index is 12.7. The lowest BCUT2D eigenvalue weighted by molar-refractivity contribution is -0.143. The van der Waals surface area contributed by atoms with Gasteiger partial charge < -0.3 is 31.5 Å². The van der Waals surface area contributed by atoms with Crippen molar-refractivity contribution in [2.45, 2.75) is 125 Å². The molecule has 0 bridgehead atoms. The molecule has 1 heterocycles. The van der Waals surface area contributed by atoms with Crippen LogP contribution in [0.15, 0.2) is 0 Å². The maximum atomic E-state index is 12.7. The second-order valence-corrected chi connectivity index (χ2v) is 11.8. The zero-order valence-electron chi connectivity index (χ0n) is 28.7. The predicted octanol–water partition coefficient (Wildman–Crippen LogP) is 2.34. The highest BCUT2D eigenvalue weighted by atomic mass is 16.2. The summed E-state index contributed by atoms with van der Waals surface area (Å²) in [4.78, 5) is 76.5. The number of carbonyl (C=O) groups is 6. The van der Waals surface area contributed by atoms with Gasteiger partial charge in [0.1, 0.15) is 18.1 Å². The van der Waals surface area contributed by atoms with E-state index in [9.17, 15) is 28.8 Å². The average molecular weight is 625 g/mol. The number of rotatable bonds is 11. The molecule has 0 saturated carbocycles. The molecule has 12 nitrogen and oxygen atoms in total. The van der Waals surface area contributed by atoms with E-state index in [2.05, 4.69) is 22.9 Å². The number of nitrogens with zero attached hydrogens (tertiary/aromatic N) is 2. The van der Waals surface area contributed by atoms with E-state index >= 15 is 0 Å². The minimum absolute atomic E-state index is 0.0190. The Morgan fingerprint density at radius 1 is 0.977 bits per heavy atom. The van der Waals surface area contributed by atoms with Crippen LogP contribution in [-0.4, -0.2) is 89.5 Å². The van der Waals surface area contributed by atoms with Crippen molar-refractivity contribution < 1.29 is 28.8 Å². The number of carbonyl (C=O) groups excluding carboxylic acids is 6. The van der Waals surface area contributed by atoms with Crippen LogP contribution < -0.4 is 21.7 Å². The molecule has 0 radical (unpaired) electrons. The zero-order valence-corrected chi connectivity index (χ0v) is 28.7. The van der Waals surface area contributed by atoms with Gasteiger partial charge >= 0.3 is 0 Å². The van der Waals surface area contributed by atoms with Crippen LogP contribution in [0.2, 0.25) is 0 Å². The van der Waals surface area contributed by atoms with Crippen molar-refractivity contribution in [1.82, 2.24) is 25.8 Å². The van der Waals surface area contributed by atoms with E-state index in [0.717, 1.165) is 25.7 Å². The molecular weight excluding hydrogens is 564 g/mol. The molecule has 5 atom stereocenters. The Hall–Kier alpha value is -3.18. The van der Waals surface area contributed by atoms with Crippen molar-refractivity contribution in [3.05, 3.63) is 0 Å². The van der Waals surface area contributed by atoms with Gasteiger partial charge in [-0.15, -0.1) is 0 Å². The lowest BCUT2D eigenvalue weighted by Crippen LogP contribution is -2.55. The van der Waals surface area contributed by atoms with E-state index in [-0.39, 0.29) is 41.5 Å². The molecule has 1 fully saturated rings. The van der Waals surface area contributed by atoms with Crippen LogP contribution in [-0.2, 0) is 28.8 Å². The molecule has 1 aliphatic heterocycles. The number of likely N-dealkylation sites (N-methyl/N-ethyl adjacent to an activating group) is 3. The average Bonchev–Trinajstić information content (AvgIpc) is 2.98. The number of unbranched alkanes of at least 4 members (excludes halogenated alkanes) is 2. The fourth-order valence-corrected chi connectivity index (χ4v) is 5.10. The maximum Gasteiger partial charge on any atom is 0.245 e. The summed E-state index contributed by atoms with van der Waals surface area (Å²) in [5.41, 5.74) is 5.48. The van der Waals surface area contributed by atoms with Crippen LogP contribution in [0.25, 0.3) is 0 Å². The molecule has 254 valence electrons. The number of primary amides is 1.